The summed E-state index contributed by atoms with van der Waals surface area (Å²) in [5.74, 6) is 0.0810. The van der Waals surface area contributed by atoms with Gasteiger partial charge < -0.3 is 14.1 Å². The number of carbonyl (C=O) groups excluding carboxylic acids is 2. The Morgan fingerprint density at radius 1 is 1.27 bits per heavy atom. The van der Waals surface area contributed by atoms with Crippen LogP contribution in [0.25, 0.3) is 0 Å². The Hall–Kier alpha value is -2.56. The first-order valence-corrected chi connectivity index (χ1v) is 7.20. The first kappa shape index (κ1) is 14.4. The van der Waals surface area contributed by atoms with E-state index in [2.05, 4.69) is 0 Å². The van der Waals surface area contributed by atoms with Crippen molar-refractivity contribution in [1.29, 1.82) is 0 Å². The van der Waals surface area contributed by atoms with E-state index in [9.17, 15) is 9.59 Å². The molecule has 5 heteroatoms. The van der Waals surface area contributed by atoms with Gasteiger partial charge in [0.05, 0.1) is 12.3 Å². The zero-order chi connectivity index (χ0) is 15.5. The standard InChI is InChI=1S/C17H17NO4/c1-12(19)22-16-10-14(15-8-5-9-21-15)18(17(16)20)11-13-6-3-2-4-7-13/h2-9,14,16H,10-11H2,1H3/t14-,16+/m0/s1. The highest BCUT2D eigenvalue weighted by atomic mass is 16.5. The molecular weight excluding hydrogens is 282 g/mol. The smallest absolute Gasteiger partial charge is 0.303 e. The number of furan rings is 1. The van der Waals surface area contributed by atoms with Gasteiger partial charge in [-0.25, -0.2) is 0 Å². The van der Waals surface area contributed by atoms with Crippen LogP contribution in [-0.4, -0.2) is 22.9 Å². The van der Waals surface area contributed by atoms with Gasteiger partial charge in [0.25, 0.3) is 5.91 Å². The second-order valence-corrected chi connectivity index (χ2v) is 5.32. The molecule has 1 aromatic heterocycles. The predicted molar refractivity (Wildman–Crippen MR) is 78.6 cm³/mol. The van der Waals surface area contributed by atoms with E-state index in [-0.39, 0.29) is 11.9 Å². The van der Waals surface area contributed by atoms with E-state index >= 15 is 0 Å². The summed E-state index contributed by atoms with van der Waals surface area (Å²) in [7, 11) is 0. The lowest BCUT2D eigenvalue weighted by Crippen LogP contribution is -2.32. The highest BCUT2D eigenvalue weighted by Gasteiger charge is 2.43. The Morgan fingerprint density at radius 3 is 2.68 bits per heavy atom. The Balaban J connectivity index is 1.85. The second kappa shape index (κ2) is 6.05. The molecular formula is C17H17NO4. The summed E-state index contributed by atoms with van der Waals surface area (Å²) in [4.78, 5) is 25.5. The minimum Gasteiger partial charge on any atom is -0.467 e. The number of carbonyl (C=O) groups is 2. The third-order valence-electron chi connectivity index (χ3n) is 3.75. The minimum atomic E-state index is -0.740. The van der Waals surface area contributed by atoms with Crippen molar-refractivity contribution in [3.8, 4) is 0 Å². The summed E-state index contributed by atoms with van der Waals surface area (Å²) in [6.45, 7) is 1.78. The summed E-state index contributed by atoms with van der Waals surface area (Å²) >= 11 is 0. The lowest BCUT2D eigenvalue weighted by atomic mass is 10.1. The van der Waals surface area contributed by atoms with Gasteiger partial charge in [-0.3, -0.25) is 9.59 Å². The number of esters is 1. The number of hydrogen-bond acceptors (Lipinski definition) is 4. The van der Waals surface area contributed by atoms with Gasteiger partial charge in [0.1, 0.15) is 5.76 Å². The van der Waals surface area contributed by atoms with Crippen LogP contribution in [0.2, 0.25) is 0 Å². The number of amides is 1. The molecule has 0 radical (unpaired) electrons. The van der Waals surface area contributed by atoms with Crippen LogP contribution in [0.15, 0.2) is 53.1 Å². The fourth-order valence-corrected chi connectivity index (χ4v) is 2.79. The summed E-state index contributed by atoms with van der Waals surface area (Å²) in [5.41, 5.74) is 1.02. The molecule has 1 fully saturated rings. The zero-order valence-corrected chi connectivity index (χ0v) is 12.3. The van der Waals surface area contributed by atoms with Crippen LogP contribution >= 0.6 is 0 Å². The van der Waals surface area contributed by atoms with Crippen molar-refractivity contribution in [3.63, 3.8) is 0 Å². The molecule has 0 aliphatic carbocycles. The molecule has 22 heavy (non-hydrogen) atoms. The highest BCUT2D eigenvalue weighted by Crippen LogP contribution is 2.35. The molecule has 3 rings (SSSR count). The number of benzene rings is 1. The molecule has 0 spiro atoms. The molecule has 1 aliphatic rings. The predicted octanol–water partition coefficient (Wildman–Crippen LogP) is 2.68. The van der Waals surface area contributed by atoms with Crippen molar-refractivity contribution in [3.05, 3.63) is 60.1 Å². The van der Waals surface area contributed by atoms with E-state index in [1.165, 1.54) is 6.92 Å². The van der Waals surface area contributed by atoms with Gasteiger partial charge >= 0.3 is 5.97 Å². The van der Waals surface area contributed by atoms with Crippen LogP contribution < -0.4 is 0 Å². The largest absolute Gasteiger partial charge is 0.467 e. The van der Waals surface area contributed by atoms with Crippen LogP contribution in [0.3, 0.4) is 0 Å². The third kappa shape index (κ3) is 2.88. The zero-order valence-electron chi connectivity index (χ0n) is 12.3. The lowest BCUT2D eigenvalue weighted by Gasteiger charge is -2.22. The summed E-state index contributed by atoms with van der Waals surface area (Å²) in [5, 5.41) is 0. The highest BCUT2D eigenvalue weighted by molar-refractivity contribution is 5.86. The molecule has 5 nitrogen and oxygen atoms in total. The normalized spacial score (nSPS) is 21.1. The summed E-state index contributed by atoms with van der Waals surface area (Å²) in [6.07, 6.45) is 1.26. The minimum absolute atomic E-state index is 0.180. The van der Waals surface area contributed by atoms with Crippen molar-refractivity contribution >= 4 is 11.9 Å². The van der Waals surface area contributed by atoms with Crippen molar-refractivity contribution in [1.82, 2.24) is 4.90 Å². The molecule has 1 aromatic carbocycles. The van der Waals surface area contributed by atoms with Gasteiger partial charge in [-0.15, -0.1) is 0 Å². The van der Waals surface area contributed by atoms with Crippen LogP contribution in [-0.2, 0) is 20.9 Å². The number of ether oxygens (including phenoxy) is 1. The van der Waals surface area contributed by atoms with Gasteiger partial charge in [-0.05, 0) is 17.7 Å². The van der Waals surface area contributed by atoms with Gasteiger partial charge in [-0.1, -0.05) is 30.3 Å². The third-order valence-corrected chi connectivity index (χ3v) is 3.75. The molecule has 0 unspecified atom stereocenters. The molecule has 0 bridgehead atoms. The van der Waals surface area contributed by atoms with Gasteiger partial charge in [-0.2, -0.15) is 0 Å². The van der Waals surface area contributed by atoms with Crippen LogP contribution in [0, 0.1) is 0 Å². The molecule has 2 aromatic rings. The maximum Gasteiger partial charge on any atom is 0.303 e. The molecule has 114 valence electrons. The van der Waals surface area contributed by atoms with Gasteiger partial charge in [0.2, 0.25) is 0 Å². The Bertz CT molecular complexity index is 651. The maximum atomic E-state index is 12.6. The first-order valence-electron chi connectivity index (χ1n) is 7.20. The average Bonchev–Trinajstić information content (AvgIpc) is 3.11. The van der Waals surface area contributed by atoms with Crippen molar-refractivity contribution in [2.45, 2.75) is 32.0 Å². The molecule has 1 aliphatic heterocycles. The topological polar surface area (TPSA) is 59.8 Å². The maximum absolute atomic E-state index is 12.6. The van der Waals surface area contributed by atoms with Crippen LogP contribution in [0.4, 0.5) is 0 Å². The number of rotatable bonds is 4. The molecule has 0 saturated carbocycles. The second-order valence-electron chi connectivity index (χ2n) is 5.32. The quantitative estimate of drug-likeness (QED) is 0.814. The number of nitrogens with zero attached hydrogens (tertiary/aromatic N) is 1. The van der Waals surface area contributed by atoms with Crippen LogP contribution in [0.1, 0.15) is 30.7 Å². The monoisotopic (exact) mass is 299 g/mol. The van der Waals surface area contributed by atoms with E-state index in [1.807, 2.05) is 36.4 Å². The van der Waals surface area contributed by atoms with E-state index in [0.29, 0.717) is 18.7 Å². The SMILES string of the molecule is CC(=O)O[C@@H]1C[C@@H](c2ccco2)N(Cc2ccccc2)C1=O. The summed E-state index contributed by atoms with van der Waals surface area (Å²) < 4.78 is 10.6. The fraction of sp³-hybridized carbons (Fsp3) is 0.294. The van der Waals surface area contributed by atoms with E-state index < -0.39 is 12.1 Å². The first-order chi connectivity index (χ1) is 10.6. The number of likely N-dealkylation sites (tertiary alicyclic amines) is 1. The molecule has 2 atom stereocenters. The average molecular weight is 299 g/mol. The van der Waals surface area contributed by atoms with Gasteiger partial charge in [0, 0.05) is 19.9 Å². The molecule has 1 amide bonds. The van der Waals surface area contributed by atoms with E-state index in [4.69, 9.17) is 9.15 Å². The van der Waals surface area contributed by atoms with E-state index in [1.54, 1.807) is 17.2 Å². The van der Waals surface area contributed by atoms with Crippen molar-refractivity contribution in [2.24, 2.45) is 0 Å². The van der Waals surface area contributed by atoms with Crippen molar-refractivity contribution in [2.75, 3.05) is 0 Å². The number of hydrogen-bond donors (Lipinski definition) is 0. The summed E-state index contributed by atoms with van der Waals surface area (Å²) in [6, 6.07) is 13.1. The van der Waals surface area contributed by atoms with Crippen molar-refractivity contribution < 1.29 is 18.7 Å². The lowest BCUT2D eigenvalue weighted by molar-refractivity contribution is -0.154. The molecule has 0 N–H and O–H groups in total. The molecule has 2 heterocycles. The van der Waals surface area contributed by atoms with Crippen LogP contribution in [0.5, 0.6) is 0 Å². The fourth-order valence-electron chi connectivity index (χ4n) is 2.79. The van der Waals surface area contributed by atoms with E-state index in [0.717, 1.165) is 5.56 Å². The Labute approximate surface area is 128 Å². The Kier molecular flexibility index (Phi) is 3.96. The Morgan fingerprint density at radius 2 is 2.05 bits per heavy atom. The molecule has 1 saturated heterocycles. The van der Waals surface area contributed by atoms with Gasteiger partial charge in [0.15, 0.2) is 6.10 Å².